The summed E-state index contributed by atoms with van der Waals surface area (Å²) in [7, 11) is -8.82. The molecule has 15 nitrogen and oxygen atoms in total. The number of halogens is 3. The molecule has 3 atom stereocenters. The summed E-state index contributed by atoms with van der Waals surface area (Å²) in [6.45, 7) is 0.434. The van der Waals surface area contributed by atoms with Crippen molar-refractivity contribution in [2.24, 2.45) is 22.7 Å². The smallest absolute Gasteiger partial charge is 0.475 e. The number of H-pyrrole nitrogens is 1. The Hall–Kier alpha value is -3.76. The number of alkyl halides is 3. The van der Waals surface area contributed by atoms with E-state index in [9.17, 15) is 30.0 Å². The van der Waals surface area contributed by atoms with Gasteiger partial charge >= 0.3 is 12.1 Å². The van der Waals surface area contributed by atoms with Crippen molar-refractivity contribution in [2.75, 3.05) is 18.8 Å². The van der Waals surface area contributed by atoms with E-state index in [1.54, 1.807) is 12.1 Å². The van der Waals surface area contributed by atoms with Crippen molar-refractivity contribution in [1.29, 1.82) is 0 Å². The predicted octanol–water partition coefficient (Wildman–Crippen LogP) is 0.584. The maximum atomic E-state index is 13.6. The zero-order chi connectivity index (χ0) is 30.8. The third kappa shape index (κ3) is 5.29. The number of nitrogens with zero attached hydrogens (tertiary/aromatic N) is 5. The second-order valence-electron chi connectivity index (χ2n) is 9.33. The lowest BCUT2D eigenvalue weighted by Gasteiger charge is -2.22. The molecule has 2 aromatic carbocycles. The van der Waals surface area contributed by atoms with Crippen LogP contribution >= 0.6 is 11.3 Å². The van der Waals surface area contributed by atoms with Gasteiger partial charge in [0.2, 0.25) is 25.9 Å². The summed E-state index contributed by atoms with van der Waals surface area (Å²) in [5.74, 6) is -2.77. The number of tetrazole rings is 1. The second-order valence-corrected chi connectivity index (χ2v) is 13.8. The summed E-state index contributed by atoms with van der Waals surface area (Å²) in [6.07, 6.45) is -5.08. The number of anilines is 1. The quantitative estimate of drug-likeness (QED) is 0.199. The average molecular weight is 648 g/mol. The number of hydrogen-bond donors (Lipinski definition) is 5. The van der Waals surface area contributed by atoms with Crippen molar-refractivity contribution < 1.29 is 39.9 Å². The first-order chi connectivity index (χ1) is 19.5. The van der Waals surface area contributed by atoms with Gasteiger partial charge in [0, 0.05) is 24.7 Å². The molecule has 224 valence electrons. The van der Waals surface area contributed by atoms with Crippen LogP contribution in [0.25, 0.3) is 32.7 Å². The van der Waals surface area contributed by atoms with Crippen LogP contribution in [0.5, 0.6) is 0 Å². The Labute approximate surface area is 238 Å². The highest BCUT2D eigenvalue weighted by Gasteiger charge is 2.56. The highest BCUT2D eigenvalue weighted by atomic mass is 32.2. The van der Waals surface area contributed by atoms with E-state index in [4.69, 9.17) is 26.5 Å². The fourth-order valence-electron chi connectivity index (χ4n) is 4.82. The molecule has 2 fully saturated rings. The largest absolute Gasteiger partial charge is 0.490 e. The number of nitrogens with two attached hydrogens (primary N) is 3. The van der Waals surface area contributed by atoms with Crippen LogP contribution in [0.1, 0.15) is 0 Å². The van der Waals surface area contributed by atoms with Crippen molar-refractivity contribution in [3.8, 4) is 22.5 Å². The first-order valence-corrected chi connectivity index (χ1v) is 15.5. The number of thiazole rings is 1. The van der Waals surface area contributed by atoms with Gasteiger partial charge in [0.25, 0.3) is 0 Å². The van der Waals surface area contributed by atoms with Gasteiger partial charge in [0.1, 0.15) is 9.79 Å². The highest BCUT2D eigenvalue weighted by molar-refractivity contribution is 7.92. The number of aromatic nitrogens is 5. The molecule has 6 rings (SSSR count). The Morgan fingerprint density at radius 3 is 2.29 bits per heavy atom. The molecular weight excluding hydrogens is 627 g/mol. The number of para-hydroxylation sites is 1. The predicted molar refractivity (Wildman–Crippen MR) is 141 cm³/mol. The lowest BCUT2D eigenvalue weighted by molar-refractivity contribution is -0.192. The molecule has 2 aromatic heterocycles. The summed E-state index contributed by atoms with van der Waals surface area (Å²) in [4.78, 5) is 12.2. The summed E-state index contributed by atoms with van der Waals surface area (Å²) < 4.78 is 86.9. The van der Waals surface area contributed by atoms with Crippen molar-refractivity contribution in [3.05, 3.63) is 30.3 Å². The van der Waals surface area contributed by atoms with Gasteiger partial charge in [-0.3, -0.25) is 0 Å². The van der Waals surface area contributed by atoms with Gasteiger partial charge in [-0.05, 0) is 34.7 Å². The van der Waals surface area contributed by atoms with Crippen LogP contribution in [0.2, 0.25) is 0 Å². The Bertz CT molecular complexity index is 1900. The first-order valence-electron chi connectivity index (χ1n) is 11.7. The Kier molecular flexibility index (Phi) is 7.22. The normalized spacial score (nSPS) is 20.6. The number of benzene rings is 2. The number of fused-ring (bicyclic) bond motifs is 2. The molecule has 1 aliphatic heterocycles. The zero-order valence-electron chi connectivity index (χ0n) is 20.8. The van der Waals surface area contributed by atoms with Crippen LogP contribution in [-0.4, -0.2) is 83.1 Å². The minimum absolute atomic E-state index is 0.0394. The Morgan fingerprint density at radius 2 is 1.74 bits per heavy atom. The number of nitrogens with one attached hydrogen (secondary N) is 1. The highest BCUT2D eigenvalue weighted by Crippen LogP contribution is 2.47. The van der Waals surface area contributed by atoms with Crippen molar-refractivity contribution in [3.63, 3.8) is 0 Å². The molecule has 4 aromatic rings. The van der Waals surface area contributed by atoms with Gasteiger partial charge in [0.05, 0.1) is 15.8 Å². The second kappa shape index (κ2) is 10.2. The summed E-state index contributed by atoms with van der Waals surface area (Å²) >= 11 is 1.26. The minimum atomic E-state index is -5.08. The number of rotatable bonds is 5. The molecule has 21 heteroatoms. The summed E-state index contributed by atoms with van der Waals surface area (Å²) in [5, 5.41) is 26.8. The van der Waals surface area contributed by atoms with Gasteiger partial charge in [-0.25, -0.2) is 31.8 Å². The molecule has 0 bridgehead atoms. The fraction of sp³-hybridized carbons (Fsp3) is 0.286. The molecule has 1 aliphatic carbocycles. The first kappa shape index (κ1) is 29.7. The monoisotopic (exact) mass is 647 g/mol. The van der Waals surface area contributed by atoms with Crippen molar-refractivity contribution in [2.45, 2.75) is 22.0 Å². The number of carboxylic acid groups (broad SMARTS) is 1. The lowest BCUT2D eigenvalue weighted by Crippen LogP contribution is -2.35. The standard InChI is InChI=1S/C19H19N9O4S3.C2HF3O2/c20-15-10-6-28(7-11(10)15)35(31,32)13-5-4-8(9-2-1-3-12-16(9)23-19(21)33-12)14(17(13)34(22,29)30)18-24-26-27-25-18;3-2(4,5)1(6)7/h1-5,10-11,15H,6-7,20H2,(H2,21,23)(H2,22,29,30)(H,24,25,26,27);(H,6,7)/t10-,11+,15?;. The van der Waals surface area contributed by atoms with Crippen molar-refractivity contribution in [1.82, 2.24) is 29.9 Å². The fourth-order valence-corrected chi connectivity index (χ4v) is 8.67. The van der Waals surface area contributed by atoms with Crippen LogP contribution in [0.4, 0.5) is 18.3 Å². The van der Waals surface area contributed by atoms with Gasteiger partial charge in [-0.2, -0.15) is 22.7 Å². The van der Waals surface area contributed by atoms with E-state index >= 15 is 0 Å². The molecular formula is C21H20F3N9O6S3. The molecule has 3 heterocycles. The van der Waals surface area contributed by atoms with Crippen LogP contribution in [0, 0.1) is 11.8 Å². The molecule has 2 aliphatic rings. The van der Waals surface area contributed by atoms with E-state index < -0.39 is 42.0 Å². The average Bonchev–Trinajstić information content (AvgIpc) is 3.43. The SMILES string of the molecule is Nc1nc2c(-c3ccc(S(=O)(=O)N4C[C@@H]5C(N)[C@@H]5C4)c(S(N)(=O)=O)c3-c3nn[nH]n3)cccc2s1.O=C(O)C(F)(F)F. The molecule has 1 saturated carbocycles. The van der Waals surface area contributed by atoms with E-state index in [-0.39, 0.29) is 42.4 Å². The molecule has 1 unspecified atom stereocenters. The molecule has 0 amide bonds. The third-order valence-corrected chi connectivity index (χ3v) is 10.6. The van der Waals surface area contributed by atoms with Crippen LogP contribution in [0.15, 0.2) is 40.1 Å². The number of aliphatic carboxylic acids is 1. The van der Waals surface area contributed by atoms with Crippen LogP contribution in [-0.2, 0) is 24.8 Å². The van der Waals surface area contributed by atoms with E-state index in [1.807, 2.05) is 6.07 Å². The number of piperidine rings is 1. The number of nitrogen functional groups attached to an aromatic ring is 1. The minimum Gasteiger partial charge on any atom is -0.475 e. The number of carbonyl (C=O) groups is 1. The van der Waals surface area contributed by atoms with Gasteiger partial charge in [0.15, 0.2) is 5.13 Å². The summed E-state index contributed by atoms with van der Waals surface area (Å²) in [5.41, 5.74) is 13.1. The third-order valence-electron chi connectivity index (χ3n) is 6.79. The van der Waals surface area contributed by atoms with E-state index in [0.717, 1.165) is 4.70 Å². The van der Waals surface area contributed by atoms with E-state index in [1.165, 1.54) is 27.8 Å². The zero-order valence-corrected chi connectivity index (χ0v) is 23.3. The van der Waals surface area contributed by atoms with Crippen LogP contribution < -0.4 is 16.6 Å². The van der Waals surface area contributed by atoms with Crippen LogP contribution in [0.3, 0.4) is 0 Å². The Balaban J connectivity index is 0.000000451. The molecule has 0 spiro atoms. The maximum absolute atomic E-state index is 13.6. The molecule has 1 saturated heterocycles. The van der Waals surface area contributed by atoms with Crippen molar-refractivity contribution >= 4 is 52.7 Å². The topological polar surface area (TPSA) is 254 Å². The number of primary sulfonamides is 1. The maximum Gasteiger partial charge on any atom is 0.490 e. The van der Waals surface area contributed by atoms with E-state index in [2.05, 4.69) is 25.6 Å². The molecule has 42 heavy (non-hydrogen) atoms. The number of aromatic amines is 1. The van der Waals surface area contributed by atoms with E-state index in [0.29, 0.717) is 21.8 Å². The van der Waals surface area contributed by atoms with Gasteiger partial charge in [-0.1, -0.05) is 29.5 Å². The van der Waals surface area contributed by atoms with Gasteiger partial charge < -0.3 is 16.6 Å². The van der Waals surface area contributed by atoms with Gasteiger partial charge in [-0.15, -0.1) is 10.2 Å². The summed E-state index contributed by atoms with van der Waals surface area (Å²) in [6, 6.07) is 8.01. The lowest BCUT2D eigenvalue weighted by atomic mass is 9.98. The molecule has 8 N–H and O–H groups in total. The number of hydrogen-bond acceptors (Lipinski definition) is 12. The number of sulfonamides is 2. The molecule has 0 radical (unpaired) electrons. The Morgan fingerprint density at radius 1 is 1.10 bits per heavy atom. The number of carboxylic acids is 1.